The molecule has 3 heterocycles. The molecule has 6 heteroatoms. The highest BCUT2D eigenvalue weighted by atomic mass is 16.6. The molecule has 1 saturated carbocycles. The number of fused-ring (bicyclic) bond motifs is 2. The topological polar surface area (TPSA) is 60.8 Å². The predicted octanol–water partition coefficient (Wildman–Crippen LogP) is 4.29. The first-order valence-electron chi connectivity index (χ1n) is 12.4. The number of piperidine rings is 1. The predicted molar refractivity (Wildman–Crippen MR) is 128 cm³/mol. The lowest BCUT2D eigenvalue weighted by Crippen LogP contribution is -2.56. The van der Waals surface area contributed by atoms with Crippen LogP contribution in [-0.4, -0.2) is 45.8 Å². The van der Waals surface area contributed by atoms with Gasteiger partial charge in [0.05, 0.1) is 6.61 Å². The number of hydrogen-bond donors (Lipinski definition) is 0. The third kappa shape index (κ3) is 3.04. The molecule has 2 aromatic carbocycles. The van der Waals surface area contributed by atoms with Crippen LogP contribution in [0.1, 0.15) is 43.7 Å². The van der Waals surface area contributed by atoms with Crippen molar-refractivity contribution in [3.63, 3.8) is 0 Å². The van der Waals surface area contributed by atoms with Gasteiger partial charge in [-0.2, -0.15) is 0 Å². The standard InChI is InChI=1S/C28H30N2O4/c1-2-33-26(32)27-17-22-11-8-15-28(22,34-27)30(25(27)31)16-14-21-19-29(18-20-9-4-3-5-10-20)24-13-7-6-12-23(21)24/h3-7,9-10,12-13,19,22H,2,8,11,14-18H2,1H3/t22-,27+,28-/m1/s1. The third-order valence-electron chi connectivity index (χ3n) is 7.93. The first-order chi connectivity index (χ1) is 16.6. The average molecular weight is 459 g/mol. The van der Waals surface area contributed by atoms with Crippen LogP contribution in [0.3, 0.4) is 0 Å². The Balaban J connectivity index is 1.29. The monoisotopic (exact) mass is 458 g/mol. The highest BCUT2D eigenvalue weighted by molar-refractivity contribution is 6.08. The van der Waals surface area contributed by atoms with Crippen molar-refractivity contribution < 1.29 is 19.1 Å². The number of para-hydroxylation sites is 1. The van der Waals surface area contributed by atoms with Gasteiger partial charge >= 0.3 is 5.97 Å². The molecule has 6 rings (SSSR count). The maximum absolute atomic E-state index is 13.6. The van der Waals surface area contributed by atoms with E-state index in [1.54, 1.807) is 6.92 Å². The van der Waals surface area contributed by atoms with Gasteiger partial charge in [-0.15, -0.1) is 0 Å². The summed E-state index contributed by atoms with van der Waals surface area (Å²) in [5.41, 5.74) is 1.55. The van der Waals surface area contributed by atoms with Gasteiger partial charge in [0.25, 0.3) is 5.91 Å². The van der Waals surface area contributed by atoms with E-state index in [4.69, 9.17) is 9.47 Å². The van der Waals surface area contributed by atoms with E-state index in [9.17, 15) is 9.59 Å². The summed E-state index contributed by atoms with van der Waals surface area (Å²) in [6.45, 7) is 3.35. The highest BCUT2D eigenvalue weighted by Gasteiger charge is 2.75. The van der Waals surface area contributed by atoms with Crippen LogP contribution >= 0.6 is 0 Å². The molecule has 6 nitrogen and oxygen atoms in total. The summed E-state index contributed by atoms with van der Waals surface area (Å²) < 4.78 is 13.9. The van der Waals surface area contributed by atoms with Crippen molar-refractivity contribution in [2.24, 2.45) is 5.92 Å². The second-order valence-corrected chi connectivity index (χ2v) is 9.78. The van der Waals surface area contributed by atoms with E-state index in [1.165, 1.54) is 22.0 Å². The Morgan fingerprint density at radius 1 is 1.15 bits per heavy atom. The molecule has 1 aliphatic carbocycles. The number of hydrogen-bond acceptors (Lipinski definition) is 4. The number of rotatable bonds is 7. The molecule has 1 amide bonds. The van der Waals surface area contributed by atoms with Crippen molar-refractivity contribution in [1.29, 1.82) is 0 Å². The number of nitrogens with zero attached hydrogens (tertiary/aromatic N) is 2. The Morgan fingerprint density at radius 3 is 2.76 bits per heavy atom. The number of aromatic nitrogens is 1. The van der Waals surface area contributed by atoms with Crippen LogP contribution in [0.4, 0.5) is 0 Å². The molecule has 1 spiro atoms. The van der Waals surface area contributed by atoms with Gasteiger partial charge in [0.1, 0.15) is 5.72 Å². The lowest BCUT2D eigenvalue weighted by molar-refractivity contribution is -0.171. The zero-order chi connectivity index (χ0) is 23.3. The number of amides is 1. The SMILES string of the molecule is CCOC(=O)[C@@]12C[C@H]3CCC[C@]3(O1)N(CCc1cn(Cc3ccccc3)c3ccccc13)C2=O. The normalized spacial score (nSPS) is 27.5. The first-order valence-corrected chi connectivity index (χ1v) is 12.4. The van der Waals surface area contributed by atoms with Crippen molar-refractivity contribution in [1.82, 2.24) is 9.47 Å². The van der Waals surface area contributed by atoms with Gasteiger partial charge in [-0.3, -0.25) is 4.79 Å². The molecular weight excluding hydrogens is 428 g/mol. The smallest absolute Gasteiger partial charge is 0.348 e. The minimum atomic E-state index is -1.44. The maximum atomic E-state index is 13.6. The molecule has 3 fully saturated rings. The fraction of sp³-hybridized carbons (Fsp3) is 0.429. The zero-order valence-corrected chi connectivity index (χ0v) is 19.5. The van der Waals surface area contributed by atoms with Crippen LogP contribution in [0, 0.1) is 5.92 Å². The number of carbonyl (C=O) groups excluding carboxylic acids is 2. The Morgan fingerprint density at radius 2 is 1.94 bits per heavy atom. The summed E-state index contributed by atoms with van der Waals surface area (Å²) in [4.78, 5) is 28.3. The molecule has 3 atom stereocenters. The van der Waals surface area contributed by atoms with E-state index >= 15 is 0 Å². The molecule has 2 saturated heterocycles. The van der Waals surface area contributed by atoms with Crippen molar-refractivity contribution in [3.05, 3.63) is 71.9 Å². The minimum absolute atomic E-state index is 0.203. The molecule has 2 aliphatic heterocycles. The molecule has 1 aromatic heterocycles. The van der Waals surface area contributed by atoms with Crippen molar-refractivity contribution in [3.8, 4) is 0 Å². The number of ether oxygens (including phenoxy) is 2. The van der Waals surface area contributed by atoms with Gasteiger partial charge in [0.15, 0.2) is 0 Å². The second kappa shape index (κ2) is 7.98. The maximum Gasteiger partial charge on any atom is 0.348 e. The average Bonchev–Trinajstić information content (AvgIpc) is 3.55. The molecule has 176 valence electrons. The van der Waals surface area contributed by atoms with E-state index in [0.717, 1.165) is 25.8 Å². The largest absolute Gasteiger partial charge is 0.463 e. The Bertz CT molecular complexity index is 1250. The third-order valence-corrected chi connectivity index (χ3v) is 7.93. The summed E-state index contributed by atoms with van der Waals surface area (Å²) >= 11 is 0. The van der Waals surface area contributed by atoms with Crippen LogP contribution in [0.2, 0.25) is 0 Å². The summed E-state index contributed by atoms with van der Waals surface area (Å²) in [7, 11) is 0. The van der Waals surface area contributed by atoms with E-state index in [1.807, 2.05) is 11.0 Å². The lowest BCUT2D eigenvalue weighted by atomic mass is 9.84. The molecule has 34 heavy (non-hydrogen) atoms. The van der Waals surface area contributed by atoms with Crippen LogP contribution in [0.15, 0.2) is 60.8 Å². The van der Waals surface area contributed by atoms with Gasteiger partial charge < -0.3 is 18.9 Å². The van der Waals surface area contributed by atoms with Gasteiger partial charge in [-0.05, 0) is 49.8 Å². The fourth-order valence-corrected chi connectivity index (χ4v) is 6.46. The number of likely N-dealkylation sites (tertiary alicyclic amines) is 1. The molecule has 3 aliphatic rings. The molecule has 0 unspecified atom stereocenters. The van der Waals surface area contributed by atoms with Crippen LogP contribution in [-0.2, 0) is 32.0 Å². The molecule has 2 bridgehead atoms. The fourth-order valence-electron chi connectivity index (χ4n) is 6.46. The van der Waals surface area contributed by atoms with E-state index in [0.29, 0.717) is 19.4 Å². The molecule has 0 N–H and O–H groups in total. The van der Waals surface area contributed by atoms with Gasteiger partial charge in [0.2, 0.25) is 5.60 Å². The molecular formula is C28H30N2O4. The number of carbonyl (C=O) groups is 2. The van der Waals surface area contributed by atoms with Crippen molar-refractivity contribution in [2.45, 2.75) is 56.9 Å². The van der Waals surface area contributed by atoms with Crippen LogP contribution < -0.4 is 0 Å². The Kier molecular flexibility index (Phi) is 5.03. The second-order valence-electron chi connectivity index (χ2n) is 9.78. The summed E-state index contributed by atoms with van der Waals surface area (Å²) in [6, 6.07) is 18.9. The summed E-state index contributed by atoms with van der Waals surface area (Å²) in [5, 5.41) is 1.21. The summed E-state index contributed by atoms with van der Waals surface area (Å²) in [6.07, 6.45) is 6.18. The van der Waals surface area contributed by atoms with E-state index in [2.05, 4.69) is 59.3 Å². The number of esters is 1. The zero-order valence-electron chi connectivity index (χ0n) is 19.5. The van der Waals surface area contributed by atoms with Gasteiger partial charge in [0, 0.05) is 42.5 Å². The van der Waals surface area contributed by atoms with E-state index in [-0.39, 0.29) is 18.4 Å². The van der Waals surface area contributed by atoms with Crippen LogP contribution in [0.5, 0.6) is 0 Å². The van der Waals surface area contributed by atoms with Crippen molar-refractivity contribution in [2.75, 3.05) is 13.2 Å². The quantitative estimate of drug-likeness (QED) is 0.391. The van der Waals surface area contributed by atoms with Crippen molar-refractivity contribution >= 4 is 22.8 Å². The Hall–Kier alpha value is -3.12. The molecule has 3 aromatic rings. The first kappa shape index (κ1) is 21.4. The highest BCUT2D eigenvalue weighted by Crippen LogP contribution is 2.59. The van der Waals surface area contributed by atoms with Gasteiger partial charge in [-0.25, -0.2) is 4.79 Å². The number of benzene rings is 2. The minimum Gasteiger partial charge on any atom is -0.463 e. The van der Waals surface area contributed by atoms with Crippen LogP contribution in [0.25, 0.3) is 10.9 Å². The Labute approximate surface area is 199 Å². The molecule has 0 radical (unpaired) electrons. The lowest BCUT2D eigenvalue weighted by Gasteiger charge is -2.38. The van der Waals surface area contributed by atoms with E-state index < -0.39 is 17.3 Å². The van der Waals surface area contributed by atoms with Gasteiger partial charge in [-0.1, -0.05) is 48.5 Å². The summed E-state index contributed by atoms with van der Waals surface area (Å²) in [5.74, 6) is -0.526.